The normalized spacial score (nSPS) is 15.8. The van der Waals surface area contributed by atoms with Gasteiger partial charge in [-0.1, -0.05) is 35.9 Å². The van der Waals surface area contributed by atoms with Gasteiger partial charge in [0.2, 0.25) is 5.91 Å². The Balaban J connectivity index is 2.15. The Hall–Kier alpha value is -2.75. The summed E-state index contributed by atoms with van der Waals surface area (Å²) in [6, 6.07) is 14.0. The molecule has 2 aromatic rings. The van der Waals surface area contributed by atoms with E-state index in [0.29, 0.717) is 12.3 Å². The average molecular weight is 351 g/mol. The van der Waals surface area contributed by atoms with Crippen molar-refractivity contribution in [2.45, 2.75) is 26.3 Å². The summed E-state index contributed by atoms with van der Waals surface area (Å²) in [4.78, 5) is 14.8. The molecule has 136 valence electrons. The highest BCUT2D eigenvalue weighted by Gasteiger charge is 2.32. The average Bonchev–Trinajstić information content (AvgIpc) is 2.65. The van der Waals surface area contributed by atoms with E-state index < -0.39 is 0 Å². The van der Waals surface area contributed by atoms with E-state index in [4.69, 9.17) is 9.47 Å². The van der Waals surface area contributed by atoms with Gasteiger partial charge in [-0.25, -0.2) is 0 Å². The van der Waals surface area contributed by atoms with Crippen LogP contribution >= 0.6 is 0 Å². The van der Waals surface area contributed by atoms with Crippen LogP contribution < -0.4 is 9.47 Å². The molecule has 1 atom stereocenters. The number of benzene rings is 2. The molecule has 3 rings (SSSR count). The topological polar surface area (TPSA) is 38.8 Å². The molecule has 0 saturated heterocycles. The van der Waals surface area contributed by atoms with Gasteiger partial charge in [0, 0.05) is 12.6 Å². The van der Waals surface area contributed by atoms with Crippen LogP contribution in [0, 0.1) is 0 Å². The molecule has 0 aromatic heterocycles. The molecule has 0 spiro atoms. The quantitative estimate of drug-likeness (QED) is 0.777. The van der Waals surface area contributed by atoms with Crippen LogP contribution in [0.1, 0.15) is 36.6 Å². The molecule has 1 heterocycles. The van der Waals surface area contributed by atoms with Crippen LogP contribution in [-0.2, 0) is 11.2 Å². The highest BCUT2D eigenvalue weighted by molar-refractivity contribution is 5.89. The number of hydrogen-bond acceptors (Lipinski definition) is 3. The van der Waals surface area contributed by atoms with E-state index >= 15 is 0 Å². The number of hydrogen-bond donors (Lipinski definition) is 0. The van der Waals surface area contributed by atoms with E-state index in [-0.39, 0.29) is 11.9 Å². The second kappa shape index (κ2) is 7.65. The third-order valence-electron chi connectivity index (χ3n) is 4.68. The van der Waals surface area contributed by atoms with Crippen molar-refractivity contribution in [2.75, 3.05) is 20.8 Å². The molecule has 0 saturated carbocycles. The van der Waals surface area contributed by atoms with Crippen molar-refractivity contribution in [2.24, 2.45) is 0 Å². The van der Waals surface area contributed by atoms with Crippen molar-refractivity contribution in [3.8, 4) is 11.5 Å². The van der Waals surface area contributed by atoms with Crippen LogP contribution in [0.2, 0.25) is 0 Å². The zero-order valence-electron chi connectivity index (χ0n) is 15.8. The van der Waals surface area contributed by atoms with E-state index in [1.54, 1.807) is 20.3 Å². The number of nitrogens with zero attached hydrogens (tertiary/aromatic N) is 1. The number of rotatable bonds is 4. The molecule has 2 aromatic carbocycles. The molecule has 1 amide bonds. The number of ether oxygens (including phenoxy) is 2. The lowest BCUT2D eigenvalue weighted by molar-refractivity contribution is -0.128. The van der Waals surface area contributed by atoms with Crippen LogP contribution in [0.25, 0.3) is 0 Å². The fraction of sp³-hybridized carbons (Fsp3) is 0.318. The van der Waals surface area contributed by atoms with Gasteiger partial charge in [0.05, 0.1) is 20.3 Å². The van der Waals surface area contributed by atoms with Crippen molar-refractivity contribution < 1.29 is 14.3 Å². The predicted octanol–water partition coefficient (Wildman–Crippen LogP) is 4.14. The van der Waals surface area contributed by atoms with Gasteiger partial charge >= 0.3 is 0 Å². The van der Waals surface area contributed by atoms with E-state index in [1.807, 2.05) is 49.1 Å². The third kappa shape index (κ3) is 3.45. The van der Waals surface area contributed by atoms with Crippen molar-refractivity contribution in [1.29, 1.82) is 0 Å². The Morgan fingerprint density at radius 2 is 1.73 bits per heavy atom. The molecule has 0 N–H and O–H groups in total. The van der Waals surface area contributed by atoms with E-state index in [9.17, 15) is 4.79 Å². The fourth-order valence-electron chi connectivity index (χ4n) is 3.51. The molecule has 4 nitrogen and oxygen atoms in total. The molecule has 4 heteroatoms. The van der Waals surface area contributed by atoms with Gasteiger partial charge in [0.25, 0.3) is 0 Å². The predicted molar refractivity (Wildman–Crippen MR) is 103 cm³/mol. The van der Waals surface area contributed by atoms with Gasteiger partial charge in [0.15, 0.2) is 11.5 Å². The van der Waals surface area contributed by atoms with Crippen molar-refractivity contribution in [3.05, 3.63) is 70.8 Å². The number of amides is 1. The second-order valence-electron chi connectivity index (χ2n) is 6.72. The molecule has 1 aliphatic rings. The number of carbonyl (C=O) groups excluding carboxylic acids is 1. The van der Waals surface area contributed by atoms with E-state index in [1.165, 1.54) is 5.56 Å². The van der Waals surface area contributed by atoms with Crippen LogP contribution in [-0.4, -0.2) is 31.6 Å². The van der Waals surface area contributed by atoms with E-state index in [0.717, 1.165) is 28.9 Å². The van der Waals surface area contributed by atoms with Crippen molar-refractivity contribution >= 4 is 5.91 Å². The van der Waals surface area contributed by atoms with Crippen molar-refractivity contribution in [3.63, 3.8) is 0 Å². The van der Waals surface area contributed by atoms with Gasteiger partial charge < -0.3 is 14.4 Å². The summed E-state index contributed by atoms with van der Waals surface area (Å²) in [6.07, 6.45) is 2.50. The van der Waals surface area contributed by atoms with Crippen molar-refractivity contribution in [1.82, 2.24) is 4.90 Å². The first-order valence-corrected chi connectivity index (χ1v) is 8.80. The number of methoxy groups -OCH3 is 2. The Kier molecular flexibility index (Phi) is 5.31. The maximum absolute atomic E-state index is 12.9. The summed E-state index contributed by atoms with van der Waals surface area (Å²) in [5.41, 5.74) is 4.38. The lowest BCUT2D eigenvalue weighted by atomic mass is 9.87. The molecular weight excluding hydrogens is 326 g/mol. The van der Waals surface area contributed by atoms with Crippen LogP contribution in [0.3, 0.4) is 0 Å². The monoisotopic (exact) mass is 351 g/mol. The SMILES string of the molecule is COc1cc2c(cc1OC)[C@@H](c1ccccc1)N(C(=O)C=C(C)C)CC2. The Labute approximate surface area is 155 Å². The molecule has 0 aliphatic carbocycles. The second-order valence-corrected chi connectivity index (χ2v) is 6.72. The molecule has 0 fully saturated rings. The van der Waals surface area contributed by atoms with Gasteiger partial charge in [-0.15, -0.1) is 0 Å². The summed E-state index contributed by atoms with van der Waals surface area (Å²) in [5.74, 6) is 1.45. The Morgan fingerprint density at radius 3 is 2.35 bits per heavy atom. The number of fused-ring (bicyclic) bond motifs is 1. The molecule has 0 radical (unpaired) electrons. The zero-order valence-corrected chi connectivity index (χ0v) is 15.8. The minimum absolute atomic E-state index is 0.0410. The zero-order chi connectivity index (χ0) is 18.7. The fourth-order valence-corrected chi connectivity index (χ4v) is 3.51. The van der Waals surface area contributed by atoms with Crippen LogP contribution in [0.15, 0.2) is 54.1 Å². The lowest BCUT2D eigenvalue weighted by Gasteiger charge is -2.37. The van der Waals surface area contributed by atoms with Crippen LogP contribution in [0.5, 0.6) is 11.5 Å². The molecule has 0 bridgehead atoms. The molecular formula is C22H25NO3. The number of carbonyl (C=O) groups is 1. The maximum atomic E-state index is 12.9. The highest BCUT2D eigenvalue weighted by atomic mass is 16.5. The van der Waals surface area contributed by atoms with Gasteiger partial charge in [-0.3, -0.25) is 4.79 Å². The minimum atomic E-state index is -0.136. The van der Waals surface area contributed by atoms with E-state index in [2.05, 4.69) is 12.1 Å². The maximum Gasteiger partial charge on any atom is 0.247 e. The molecule has 1 aliphatic heterocycles. The smallest absolute Gasteiger partial charge is 0.247 e. The Bertz CT molecular complexity index is 823. The van der Waals surface area contributed by atoms with Gasteiger partial charge in [-0.05, 0) is 49.1 Å². The van der Waals surface area contributed by atoms with Gasteiger partial charge in [-0.2, -0.15) is 0 Å². The summed E-state index contributed by atoms with van der Waals surface area (Å²) in [5, 5.41) is 0. The highest BCUT2D eigenvalue weighted by Crippen LogP contribution is 2.41. The van der Waals surface area contributed by atoms with Gasteiger partial charge in [0.1, 0.15) is 0 Å². The Morgan fingerprint density at radius 1 is 1.08 bits per heavy atom. The third-order valence-corrected chi connectivity index (χ3v) is 4.68. The standard InChI is InChI=1S/C22H25NO3/c1-15(2)12-21(24)23-11-10-17-13-19(25-3)20(26-4)14-18(17)22(23)16-8-6-5-7-9-16/h5-9,12-14,22H,10-11H2,1-4H3/t22-/m1/s1. The summed E-state index contributed by atoms with van der Waals surface area (Å²) in [6.45, 7) is 4.56. The molecule has 26 heavy (non-hydrogen) atoms. The van der Waals surface area contributed by atoms with Crippen LogP contribution in [0.4, 0.5) is 0 Å². The first-order chi connectivity index (χ1) is 12.5. The lowest BCUT2D eigenvalue weighted by Crippen LogP contribution is -2.39. The molecule has 0 unspecified atom stereocenters. The first kappa shape index (κ1) is 18.1. The summed E-state index contributed by atoms with van der Waals surface area (Å²) < 4.78 is 11.0. The summed E-state index contributed by atoms with van der Waals surface area (Å²) >= 11 is 0. The minimum Gasteiger partial charge on any atom is -0.493 e. The summed E-state index contributed by atoms with van der Waals surface area (Å²) in [7, 11) is 3.28. The number of allylic oxidation sites excluding steroid dienone is 1. The largest absolute Gasteiger partial charge is 0.493 e. The first-order valence-electron chi connectivity index (χ1n) is 8.80.